The minimum Gasteiger partial charge on any atom is -0.481 e. The zero-order valence-corrected chi connectivity index (χ0v) is 7.39. The molecule has 2 atom stereocenters. The highest BCUT2D eigenvalue weighted by Crippen LogP contribution is 2.12. The molecular formula is C7H11NO5. The molecule has 6 nitrogen and oxygen atoms in total. The zero-order chi connectivity index (χ0) is 10.6. The fraction of sp³-hybridized carbons (Fsp3) is 0.714. The summed E-state index contributed by atoms with van der Waals surface area (Å²) in [6, 6.07) is -1.32. The van der Waals surface area contributed by atoms with Crippen molar-refractivity contribution in [2.24, 2.45) is 5.92 Å². The number of nitro groups is 1. The Hall–Kier alpha value is -1.46. The fourth-order valence-corrected chi connectivity index (χ4v) is 1.12. The van der Waals surface area contributed by atoms with Gasteiger partial charge in [-0.3, -0.25) is 19.7 Å². The Balaban J connectivity index is 4.80. The van der Waals surface area contributed by atoms with Crippen molar-refractivity contribution in [2.45, 2.75) is 26.3 Å². The van der Waals surface area contributed by atoms with E-state index in [-0.39, 0.29) is 6.42 Å². The molecule has 0 aromatic heterocycles. The highest BCUT2D eigenvalue weighted by Gasteiger charge is 2.39. The van der Waals surface area contributed by atoms with Crippen LogP contribution in [0, 0.1) is 16.0 Å². The first-order valence-electron chi connectivity index (χ1n) is 3.78. The van der Waals surface area contributed by atoms with Crippen molar-refractivity contribution in [2.75, 3.05) is 0 Å². The normalized spacial score (nSPS) is 14.6. The highest BCUT2D eigenvalue weighted by molar-refractivity contribution is 5.97. The van der Waals surface area contributed by atoms with Crippen molar-refractivity contribution >= 4 is 11.8 Å². The van der Waals surface area contributed by atoms with E-state index in [1.54, 1.807) is 0 Å². The lowest BCUT2D eigenvalue weighted by molar-refractivity contribution is -0.527. The van der Waals surface area contributed by atoms with Crippen molar-refractivity contribution in [3.63, 3.8) is 0 Å². The number of aliphatic carboxylic acids is 1. The molecule has 0 spiro atoms. The van der Waals surface area contributed by atoms with Crippen molar-refractivity contribution in [3.8, 4) is 0 Å². The Morgan fingerprint density at radius 1 is 1.54 bits per heavy atom. The summed E-state index contributed by atoms with van der Waals surface area (Å²) < 4.78 is 0. The molecule has 13 heavy (non-hydrogen) atoms. The Morgan fingerprint density at radius 3 is 2.08 bits per heavy atom. The average Bonchev–Trinajstić information content (AvgIpc) is 1.97. The van der Waals surface area contributed by atoms with Gasteiger partial charge in [-0.1, -0.05) is 6.92 Å². The maximum Gasteiger partial charge on any atom is 0.321 e. The number of carboxylic acid groups (broad SMARTS) is 1. The van der Waals surface area contributed by atoms with Crippen LogP contribution in [0.3, 0.4) is 0 Å². The van der Waals surface area contributed by atoms with Crippen molar-refractivity contribution in [3.05, 3.63) is 10.1 Å². The SMILES string of the molecule is CCC(C(C(C)=O)C(=O)O)[N+](=O)[O-]. The highest BCUT2D eigenvalue weighted by atomic mass is 16.6. The Bertz CT molecular complexity index is 223. The number of rotatable bonds is 5. The topological polar surface area (TPSA) is 97.5 Å². The van der Waals surface area contributed by atoms with E-state index in [1.807, 2.05) is 0 Å². The van der Waals surface area contributed by atoms with Crippen molar-refractivity contribution in [1.29, 1.82) is 0 Å². The Labute approximate surface area is 74.7 Å². The van der Waals surface area contributed by atoms with E-state index in [0.29, 0.717) is 0 Å². The number of carboxylic acids is 1. The monoisotopic (exact) mass is 189 g/mol. The van der Waals surface area contributed by atoms with Gasteiger partial charge in [0.25, 0.3) is 0 Å². The number of nitrogens with zero attached hydrogens (tertiary/aromatic N) is 1. The predicted molar refractivity (Wildman–Crippen MR) is 42.9 cm³/mol. The van der Waals surface area contributed by atoms with E-state index >= 15 is 0 Å². The lowest BCUT2D eigenvalue weighted by Gasteiger charge is -2.12. The van der Waals surface area contributed by atoms with Crippen LogP contribution in [0.2, 0.25) is 0 Å². The lowest BCUT2D eigenvalue weighted by atomic mass is 9.94. The molecule has 74 valence electrons. The van der Waals surface area contributed by atoms with Crippen LogP contribution in [-0.4, -0.2) is 27.8 Å². The third-order valence-electron chi connectivity index (χ3n) is 1.78. The van der Waals surface area contributed by atoms with E-state index in [4.69, 9.17) is 5.11 Å². The second kappa shape index (κ2) is 4.54. The van der Waals surface area contributed by atoms with Gasteiger partial charge in [0.1, 0.15) is 0 Å². The molecule has 0 heterocycles. The average molecular weight is 189 g/mol. The minimum absolute atomic E-state index is 0.0313. The van der Waals surface area contributed by atoms with Gasteiger partial charge in [0.15, 0.2) is 11.7 Å². The first-order valence-corrected chi connectivity index (χ1v) is 3.78. The molecule has 0 saturated carbocycles. The molecular weight excluding hydrogens is 178 g/mol. The van der Waals surface area contributed by atoms with E-state index < -0.39 is 28.6 Å². The summed E-state index contributed by atoms with van der Waals surface area (Å²) in [7, 11) is 0. The minimum atomic E-state index is -1.53. The van der Waals surface area contributed by atoms with Gasteiger partial charge in [-0.2, -0.15) is 0 Å². The number of carbonyl (C=O) groups excluding carboxylic acids is 1. The Morgan fingerprint density at radius 2 is 2.00 bits per heavy atom. The summed E-state index contributed by atoms with van der Waals surface area (Å²) in [5, 5.41) is 18.9. The second-order valence-electron chi connectivity index (χ2n) is 2.69. The molecule has 1 N–H and O–H groups in total. The molecule has 0 fully saturated rings. The zero-order valence-electron chi connectivity index (χ0n) is 7.39. The van der Waals surface area contributed by atoms with E-state index in [0.717, 1.165) is 6.92 Å². The molecule has 0 aromatic rings. The van der Waals surface area contributed by atoms with Crippen LogP contribution in [-0.2, 0) is 9.59 Å². The molecule has 0 amide bonds. The molecule has 0 radical (unpaired) electrons. The summed E-state index contributed by atoms with van der Waals surface area (Å²) >= 11 is 0. The molecule has 0 aliphatic rings. The third kappa shape index (κ3) is 2.81. The molecule has 0 aliphatic carbocycles. The van der Waals surface area contributed by atoms with Gasteiger partial charge < -0.3 is 5.11 Å². The van der Waals surface area contributed by atoms with Crippen LogP contribution >= 0.6 is 0 Å². The number of ketones is 1. The van der Waals surface area contributed by atoms with Gasteiger partial charge in [0, 0.05) is 11.3 Å². The molecule has 0 rings (SSSR count). The largest absolute Gasteiger partial charge is 0.481 e. The maximum atomic E-state index is 10.8. The molecule has 0 saturated heterocycles. The maximum absolute atomic E-state index is 10.8. The molecule has 6 heteroatoms. The van der Waals surface area contributed by atoms with Crippen LogP contribution in [0.4, 0.5) is 0 Å². The molecule has 0 aliphatic heterocycles. The number of hydrogen-bond donors (Lipinski definition) is 1. The molecule has 0 bridgehead atoms. The van der Waals surface area contributed by atoms with Crippen LogP contribution in [0.15, 0.2) is 0 Å². The summed E-state index contributed by atoms with van der Waals surface area (Å²) in [4.78, 5) is 31.0. The van der Waals surface area contributed by atoms with Crippen molar-refractivity contribution < 1.29 is 19.6 Å². The van der Waals surface area contributed by atoms with E-state index in [9.17, 15) is 19.7 Å². The van der Waals surface area contributed by atoms with Gasteiger partial charge in [-0.05, 0) is 6.92 Å². The summed E-state index contributed by atoms with van der Waals surface area (Å²) in [5.41, 5.74) is 0. The van der Waals surface area contributed by atoms with Gasteiger partial charge in [0.05, 0.1) is 0 Å². The van der Waals surface area contributed by atoms with Gasteiger partial charge in [0.2, 0.25) is 6.04 Å². The third-order valence-corrected chi connectivity index (χ3v) is 1.78. The lowest BCUT2D eigenvalue weighted by Crippen LogP contribution is -2.38. The first kappa shape index (κ1) is 11.5. The van der Waals surface area contributed by atoms with Crippen LogP contribution in [0.5, 0.6) is 0 Å². The quantitative estimate of drug-likeness (QED) is 0.382. The second-order valence-corrected chi connectivity index (χ2v) is 2.69. The van der Waals surface area contributed by atoms with Crippen LogP contribution < -0.4 is 0 Å². The van der Waals surface area contributed by atoms with E-state index in [2.05, 4.69) is 0 Å². The molecule has 0 aromatic carbocycles. The number of Topliss-reactive ketones (excluding diaryl/α,β-unsaturated/α-hetero) is 1. The van der Waals surface area contributed by atoms with Crippen LogP contribution in [0.25, 0.3) is 0 Å². The summed E-state index contributed by atoms with van der Waals surface area (Å²) in [5.74, 6) is -3.65. The number of hydrogen-bond acceptors (Lipinski definition) is 4. The van der Waals surface area contributed by atoms with Crippen LogP contribution in [0.1, 0.15) is 20.3 Å². The van der Waals surface area contributed by atoms with Gasteiger partial charge >= 0.3 is 5.97 Å². The van der Waals surface area contributed by atoms with Gasteiger partial charge in [-0.15, -0.1) is 0 Å². The standard InChI is InChI=1S/C7H11NO5/c1-3-5(8(12)13)6(4(2)9)7(10)11/h5-6H,3H2,1-2H3,(H,10,11). The number of carbonyl (C=O) groups is 2. The van der Waals surface area contributed by atoms with Crippen molar-refractivity contribution in [1.82, 2.24) is 0 Å². The summed E-state index contributed by atoms with van der Waals surface area (Å²) in [6.07, 6.45) is 0.0313. The smallest absolute Gasteiger partial charge is 0.321 e. The first-order chi connectivity index (χ1) is 5.91. The fourth-order valence-electron chi connectivity index (χ4n) is 1.12. The molecule has 2 unspecified atom stereocenters. The van der Waals surface area contributed by atoms with E-state index in [1.165, 1.54) is 6.92 Å². The predicted octanol–water partition coefficient (Wildman–Crippen LogP) is 0.332. The van der Waals surface area contributed by atoms with Gasteiger partial charge in [-0.25, -0.2) is 0 Å². The summed E-state index contributed by atoms with van der Waals surface area (Å²) in [6.45, 7) is 2.53. The Kier molecular flexibility index (Phi) is 4.03.